The first kappa shape index (κ1) is 15.2. The quantitative estimate of drug-likeness (QED) is 0.568. The molecule has 3 N–H and O–H groups in total. The summed E-state index contributed by atoms with van der Waals surface area (Å²) in [5.41, 5.74) is 1.33. The van der Waals surface area contributed by atoms with E-state index >= 15 is 0 Å². The Labute approximate surface area is 125 Å². The molecule has 0 amide bonds. The van der Waals surface area contributed by atoms with Crippen molar-refractivity contribution >= 4 is 23.0 Å². The van der Waals surface area contributed by atoms with Crippen molar-refractivity contribution in [1.29, 1.82) is 0 Å². The van der Waals surface area contributed by atoms with Crippen molar-refractivity contribution in [3.05, 3.63) is 29.6 Å². The topological polar surface area (TPSA) is 28.5 Å². The van der Waals surface area contributed by atoms with Crippen molar-refractivity contribution < 1.29 is 9.29 Å². The van der Waals surface area contributed by atoms with Gasteiger partial charge in [-0.3, -0.25) is 0 Å². The van der Waals surface area contributed by atoms with Crippen molar-refractivity contribution in [2.45, 2.75) is 26.2 Å². The Morgan fingerprint density at radius 2 is 2.10 bits per heavy atom. The molecule has 2 rings (SSSR count). The highest BCUT2D eigenvalue weighted by atomic mass is 32.1. The summed E-state index contributed by atoms with van der Waals surface area (Å²) in [6, 6.07) is 5.05. The standard InChI is InChI=1S/C15H22FN3S/c1-12-5-6-13(11-14(12)16)18-15(20)17-7-4-10-19-8-2-3-9-19/h5-6,11H,2-4,7-10H2,1H3,(H2,17,18,20)/p+1. The van der Waals surface area contributed by atoms with Gasteiger partial charge in [0, 0.05) is 31.5 Å². The van der Waals surface area contributed by atoms with Crippen molar-refractivity contribution in [2.24, 2.45) is 0 Å². The molecule has 0 unspecified atom stereocenters. The molecule has 1 saturated heterocycles. The highest BCUT2D eigenvalue weighted by Crippen LogP contribution is 2.13. The molecule has 1 aliphatic heterocycles. The molecule has 0 radical (unpaired) electrons. The third-order valence-electron chi connectivity index (χ3n) is 3.73. The molecular weight excluding hydrogens is 273 g/mol. The summed E-state index contributed by atoms with van der Waals surface area (Å²) >= 11 is 5.21. The normalized spacial score (nSPS) is 15.3. The van der Waals surface area contributed by atoms with Crippen molar-refractivity contribution in [3.63, 3.8) is 0 Å². The number of anilines is 1. The number of rotatable bonds is 5. The summed E-state index contributed by atoms with van der Waals surface area (Å²) in [4.78, 5) is 1.70. The number of benzene rings is 1. The molecule has 0 aliphatic carbocycles. The van der Waals surface area contributed by atoms with Gasteiger partial charge in [0.25, 0.3) is 0 Å². The molecule has 3 nitrogen and oxygen atoms in total. The van der Waals surface area contributed by atoms with Gasteiger partial charge in [0.15, 0.2) is 5.11 Å². The third-order valence-corrected chi connectivity index (χ3v) is 3.98. The number of halogens is 1. The largest absolute Gasteiger partial charge is 0.362 e. The Balaban J connectivity index is 1.65. The summed E-state index contributed by atoms with van der Waals surface area (Å²) in [6.45, 7) is 6.44. The van der Waals surface area contributed by atoms with E-state index in [1.165, 1.54) is 38.5 Å². The van der Waals surface area contributed by atoms with Crippen LogP contribution in [-0.2, 0) is 0 Å². The zero-order valence-corrected chi connectivity index (χ0v) is 12.8. The van der Waals surface area contributed by atoms with E-state index in [4.69, 9.17) is 12.2 Å². The number of quaternary nitrogens is 1. The van der Waals surface area contributed by atoms with Gasteiger partial charge in [-0.2, -0.15) is 0 Å². The van der Waals surface area contributed by atoms with E-state index in [1.807, 2.05) is 6.07 Å². The minimum atomic E-state index is -0.213. The molecule has 5 heteroatoms. The number of aryl methyl sites for hydroxylation is 1. The fourth-order valence-corrected chi connectivity index (χ4v) is 2.73. The summed E-state index contributed by atoms with van der Waals surface area (Å²) < 4.78 is 13.4. The lowest BCUT2D eigenvalue weighted by molar-refractivity contribution is -0.887. The van der Waals surface area contributed by atoms with Crippen LogP contribution in [0.1, 0.15) is 24.8 Å². The number of nitrogens with one attached hydrogen (secondary N) is 3. The molecule has 0 bridgehead atoms. The predicted molar refractivity (Wildman–Crippen MR) is 84.8 cm³/mol. The molecule has 0 saturated carbocycles. The number of thiocarbonyl (C=S) groups is 1. The average Bonchev–Trinajstić information content (AvgIpc) is 2.92. The van der Waals surface area contributed by atoms with Crippen LogP contribution in [0, 0.1) is 12.7 Å². The fraction of sp³-hybridized carbons (Fsp3) is 0.533. The first-order valence-corrected chi connectivity index (χ1v) is 7.70. The van der Waals surface area contributed by atoms with E-state index in [0.717, 1.165) is 13.0 Å². The predicted octanol–water partition coefficient (Wildman–Crippen LogP) is 1.49. The van der Waals surface area contributed by atoms with E-state index in [-0.39, 0.29) is 5.82 Å². The summed E-state index contributed by atoms with van der Waals surface area (Å²) in [7, 11) is 0. The van der Waals surface area contributed by atoms with Gasteiger partial charge in [0.05, 0.1) is 19.6 Å². The zero-order valence-electron chi connectivity index (χ0n) is 12.0. The molecule has 0 spiro atoms. The van der Waals surface area contributed by atoms with E-state index in [0.29, 0.717) is 16.4 Å². The Morgan fingerprint density at radius 1 is 1.35 bits per heavy atom. The Morgan fingerprint density at radius 3 is 2.80 bits per heavy atom. The molecular formula is C15H23FN3S+. The fourth-order valence-electron chi connectivity index (χ4n) is 2.51. The molecule has 1 heterocycles. The van der Waals surface area contributed by atoms with Crippen LogP contribution in [0.4, 0.5) is 10.1 Å². The maximum absolute atomic E-state index is 13.4. The minimum Gasteiger partial charge on any atom is -0.362 e. The van der Waals surface area contributed by atoms with Crippen molar-refractivity contribution in [1.82, 2.24) is 5.32 Å². The van der Waals surface area contributed by atoms with Crippen LogP contribution in [0.3, 0.4) is 0 Å². The van der Waals surface area contributed by atoms with Crippen molar-refractivity contribution in [3.8, 4) is 0 Å². The Kier molecular flexibility index (Phi) is 5.73. The third kappa shape index (κ3) is 4.72. The van der Waals surface area contributed by atoms with E-state index in [1.54, 1.807) is 17.9 Å². The van der Waals surface area contributed by atoms with E-state index in [2.05, 4.69) is 10.6 Å². The van der Waals surface area contributed by atoms with Crippen LogP contribution in [0.2, 0.25) is 0 Å². The molecule has 0 aromatic heterocycles. The number of likely N-dealkylation sites (tertiary alicyclic amines) is 1. The van der Waals surface area contributed by atoms with Gasteiger partial charge < -0.3 is 15.5 Å². The monoisotopic (exact) mass is 296 g/mol. The van der Waals surface area contributed by atoms with Gasteiger partial charge in [0.2, 0.25) is 0 Å². The van der Waals surface area contributed by atoms with Gasteiger partial charge >= 0.3 is 0 Å². The van der Waals surface area contributed by atoms with Crippen molar-refractivity contribution in [2.75, 3.05) is 31.5 Å². The smallest absolute Gasteiger partial charge is 0.170 e. The lowest BCUT2D eigenvalue weighted by Gasteiger charge is -2.13. The number of hydrogen-bond acceptors (Lipinski definition) is 1. The summed E-state index contributed by atoms with van der Waals surface area (Å²) in [6.07, 6.45) is 3.84. The zero-order chi connectivity index (χ0) is 14.4. The molecule has 1 aliphatic rings. The first-order chi connectivity index (χ1) is 9.65. The van der Waals surface area contributed by atoms with Crippen LogP contribution in [-0.4, -0.2) is 31.3 Å². The second-order valence-corrected chi connectivity index (χ2v) is 5.81. The molecule has 20 heavy (non-hydrogen) atoms. The highest BCUT2D eigenvalue weighted by molar-refractivity contribution is 7.80. The van der Waals surface area contributed by atoms with Crippen LogP contribution in [0.5, 0.6) is 0 Å². The lowest BCUT2D eigenvalue weighted by atomic mass is 10.2. The number of hydrogen-bond donors (Lipinski definition) is 3. The maximum atomic E-state index is 13.4. The Bertz CT molecular complexity index is 458. The second-order valence-electron chi connectivity index (χ2n) is 5.41. The van der Waals surface area contributed by atoms with Crippen LogP contribution >= 0.6 is 12.2 Å². The highest BCUT2D eigenvalue weighted by Gasteiger charge is 2.13. The lowest BCUT2D eigenvalue weighted by Crippen LogP contribution is -3.10. The van der Waals surface area contributed by atoms with Crippen LogP contribution < -0.4 is 15.5 Å². The summed E-state index contributed by atoms with van der Waals surface area (Å²) in [5.74, 6) is -0.213. The minimum absolute atomic E-state index is 0.213. The molecule has 1 aromatic carbocycles. The van der Waals surface area contributed by atoms with Gasteiger partial charge in [-0.25, -0.2) is 4.39 Å². The summed E-state index contributed by atoms with van der Waals surface area (Å²) in [5, 5.41) is 6.75. The van der Waals surface area contributed by atoms with E-state index in [9.17, 15) is 4.39 Å². The average molecular weight is 296 g/mol. The van der Waals surface area contributed by atoms with Gasteiger partial charge in [0.1, 0.15) is 5.82 Å². The van der Waals surface area contributed by atoms with Crippen LogP contribution in [0.25, 0.3) is 0 Å². The van der Waals surface area contributed by atoms with Gasteiger partial charge in [-0.05, 0) is 36.8 Å². The van der Waals surface area contributed by atoms with Crippen LogP contribution in [0.15, 0.2) is 18.2 Å². The second kappa shape index (κ2) is 7.55. The molecule has 1 fully saturated rings. The first-order valence-electron chi connectivity index (χ1n) is 7.30. The molecule has 0 atom stereocenters. The van der Waals surface area contributed by atoms with Gasteiger partial charge in [-0.1, -0.05) is 6.07 Å². The SMILES string of the molecule is Cc1ccc(NC(=S)NCCC[NH+]2CCCC2)cc1F. The molecule has 110 valence electrons. The maximum Gasteiger partial charge on any atom is 0.170 e. The van der Waals surface area contributed by atoms with Gasteiger partial charge in [-0.15, -0.1) is 0 Å². The Hall–Kier alpha value is -1.20. The molecule has 1 aromatic rings. The van der Waals surface area contributed by atoms with E-state index < -0.39 is 0 Å².